The van der Waals surface area contributed by atoms with Gasteiger partial charge >= 0.3 is 11.9 Å². The van der Waals surface area contributed by atoms with Gasteiger partial charge in [0.25, 0.3) is 0 Å². The van der Waals surface area contributed by atoms with Crippen LogP contribution in [0.1, 0.15) is 44.6 Å². The zero-order valence-electron chi connectivity index (χ0n) is 17.5. The zero-order chi connectivity index (χ0) is 21.9. The van der Waals surface area contributed by atoms with Crippen LogP contribution in [0.3, 0.4) is 0 Å². The van der Waals surface area contributed by atoms with Crippen molar-refractivity contribution in [3.8, 4) is 0 Å². The van der Waals surface area contributed by atoms with Crippen molar-refractivity contribution in [2.75, 3.05) is 19.8 Å². The number of aryl methyl sites for hydroxylation is 1. The van der Waals surface area contributed by atoms with E-state index in [0.717, 1.165) is 18.4 Å². The highest BCUT2D eigenvalue weighted by Gasteiger charge is 2.33. The maximum absolute atomic E-state index is 13.1. The van der Waals surface area contributed by atoms with Gasteiger partial charge < -0.3 is 19.8 Å². The molecule has 0 spiro atoms. The van der Waals surface area contributed by atoms with Crippen LogP contribution in [0, 0.1) is 0 Å². The van der Waals surface area contributed by atoms with Crippen LogP contribution in [-0.2, 0) is 25.5 Å². The number of aliphatic carboxylic acids is 2. The highest BCUT2D eigenvalue weighted by molar-refractivity contribution is 5.87. The first-order chi connectivity index (χ1) is 14.4. The molecule has 3 atom stereocenters. The Kier molecular flexibility index (Phi) is 9.76. The molecule has 0 radical (unpaired) electrons. The lowest BCUT2D eigenvalue weighted by Gasteiger charge is -2.33. The van der Waals surface area contributed by atoms with E-state index >= 15 is 0 Å². The van der Waals surface area contributed by atoms with Crippen molar-refractivity contribution in [3.63, 3.8) is 0 Å². The number of amides is 1. The Balaban J connectivity index is 2.04. The highest BCUT2D eigenvalue weighted by Crippen LogP contribution is 2.15. The van der Waals surface area contributed by atoms with E-state index in [1.54, 1.807) is 6.92 Å². The van der Waals surface area contributed by atoms with E-state index < -0.39 is 36.0 Å². The largest absolute Gasteiger partial charge is 0.480 e. The number of hydrogen-bond acceptors (Lipinski definition) is 5. The standard InChI is InChI=1S/C22H32N2O6/c1-16(23-18(21(26)27)12-11-17-8-4-2-5-9-17)20(25)24-13-15-30-14-7-3-6-10-19(24)22(28)29/h2,4-5,8-9,16,18-19,23H,3,6-7,10-15H2,1H3,(H,26,27)(H,28,29)/t16-,18?,19-/m0/s1. The molecule has 1 aliphatic heterocycles. The summed E-state index contributed by atoms with van der Waals surface area (Å²) in [5, 5.41) is 22.1. The molecule has 1 aromatic carbocycles. The van der Waals surface area contributed by atoms with Gasteiger partial charge in [0.2, 0.25) is 5.91 Å². The van der Waals surface area contributed by atoms with Crippen LogP contribution in [-0.4, -0.2) is 70.8 Å². The molecule has 1 aliphatic rings. The van der Waals surface area contributed by atoms with Gasteiger partial charge in [-0.1, -0.05) is 43.2 Å². The van der Waals surface area contributed by atoms with Crippen LogP contribution in [0.15, 0.2) is 30.3 Å². The second-order valence-electron chi connectivity index (χ2n) is 7.65. The Hall–Kier alpha value is -2.45. The first-order valence-electron chi connectivity index (χ1n) is 10.5. The van der Waals surface area contributed by atoms with E-state index in [-0.39, 0.29) is 13.2 Å². The monoisotopic (exact) mass is 420 g/mol. The molecule has 166 valence electrons. The number of ether oxygens (including phenoxy) is 1. The van der Waals surface area contributed by atoms with Crippen molar-refractivity contribution in [2.45, 2.75) is 63.6 Å². The van der Waals surface area contributed by atoms with Crippen LogP contribution >= 0.6 is 0 Å². The van der Waals surface area contributed by atoms with Gasteiger partial charge in [0.15, 0.2) is 0 Å². The Bertz CT molecular complexity index is 696. The second-order valence-corrected chi connectivity index (χ2v) is 7.65. The fourth-order valence-electron chi connectivity index (χ4n) is 3.67. The molecule has 0 aromatic heterocycles. The van der Waals surface area contributed by atoms with Crippen LogP contribution in [0.5, 0.6) is 0 Å². The summed E-state index contributed by atoms with van der Waals surface area (Å²) in [5.74, 6) is -2.50. The van der Waals surface area contributed by atoms with E-state index in [1.165, 1.54) is 4.90 Å². The van der Waals surface area contributed by atoms with E-state index in [2.05, 4.69) is 5.32 Å². The second kappa shape index (κ2) is 12.3. The van der Waals surface area contributed by atoms with Crippen molar-refractivity contribution in [2.24, 2.45) is 0 Å². The molecule has 30 heavy (non-hydrogen) atoms. The Morgan fingerprint density at radius 2 is 1.87 bits per heavy atom. The maximum Gasteiger partial charge on any atom is 0.326 e. The molecule has 8 heteroatoms. The van der Waals surface area contributed by atoms with E-state index in [1.807, 2.05) is 30.3 Å². The lowest BCUT2D eigenvalue weighted by molar-refractivity contribution is -0.152. The molecule has 3 N–H and O–H groups in total. The van der Waals surface area contributed by atoms with Crippen molar-refractivity contribution in [3.05, 3.63) is 35.9 Å². The number of nitrogens with one attached hydrogen (secondary N) is 1. The van der Waals surface area contributed by atoms with Gasteiger partial charge in [-0.3, -0.25) is 14.9 Å². The molecule has 1 aromatic rings. The van der Waals surface area contributed by atoms with Gasteiger partial charge in [0.1, 0.15) is 12.1 Å². The summed E-state index contributed by atoms with van der Waals surface area (Å²) in [6.45, 7) is 2.61. The van der Waals surface area contributed by atoms with Gasteiger partial charge in [0.05, 0.1) is 12.6 Å². The van der Waals surface area contributed by atoms with E-state index in [4.69, 9.17) is 4.74 Å². The minimum absolute atomic E-state index is 0.170. The summed E-state index contributed by atoms with van der Waals surface area (Å²) in [7, 11) is 0. The zero-order valence-corrected chi connectivity index (χ0v) is 17.5. The summed E-state index contributed by atoms with van der Waals surface area (Å²) in [6.07, 6.45) is 3.68. The van der Waals surface area contributed by atoms with E-state index in [0.29, 0.717) is 32.3 Å². The Morgan fingerprint density at radius 1 is 1.13 bits per heavy atom. The fourth-order valence-corrected chi connectivity index (χ4v) is 3.67. The molecule has 0 bridgehead atoms. The van der Waals surface area contributed by atoms with Gasteiger partial charge in [0, 0.05) is 13.2 Å². The third-order valence-corrected chi connectivity index (χ3v) is 5.37. The molecule has 1 fully saturated rings. The number of carbonyl (C=O) groups is 3. The maximum atomic E-state index is 13.1. The smallest absolute Gasteiger partial charge is 0.326 e. The Morgan fingerprint density at radius 3 is 2.53 bits per heavy atom. The molecule has 1 saturated heterocycles. The number of rotatable bonds is 8. The van der Waals surface area contributed by atoms with Crippen LogP contribution in [0.2, 0.25) is 0 Å². The lowest BCUT2D eigenvalue weighted by atomic mass is 10.0. The van der Waals surface area contributed by atoms with E-state index in [9.17, 15) is 24.6 Å². The molecule has 1 heterocycles. The minimum atomic E-state index is -1.05. The minimum Gasteiger partial charge on any atom is -0.480 e. The number of carboxylic acids is 2. The van der Waals surface area contributed by atoms with Crippen LogP contribution in [0.4, 0.5) is 0 Å². The van der Waals surface area contributed by atoms with Crippen molar-refractivity contribution in [1.29, 1.82) is 0 Å². The van der Waals surface area contributed by atoms with Gasteiger partial charge in [-0.05, 0) is 38.2 Å². The average molecular weight is 421 g/mol. The molecule has 2 rings (SSSR count). The number of nitrogens with zero attached hydrogens (tertiary/aromatic N) is 1. The lowest BCUT2D eigenvalue weighted by Crippen LogP contribution is -2.55. The van der Waals surface area contributed by atoms with Crippen LogP contribution < -0.4 is 5.32 Å². The molecular formula is C22H32N2O6. The van der Waals surface area contributed by atoms with Gasteiger partial charge in [-0.2, -0.15) is 0 Å². The SMILES string of the molecule is C[C@H](NC(CCc1ccccc1)C(=O)O)C(=O)N1CCOCCCCC[C@H]1C(=O)O. The number of carbonyl (C=O) groups excluding carboxylic acids is 1. The molecule has 0 saturated carbocycles. The first-order valence-corrected chi connectivity index (χ1v) is 10.5. The van der Waals surface area contributed by atoms with Crippen LogP contribution in [0.25, 0.3) is 0 Å². The number of carboxylic acid groups (broad SMARTS) is 2. The third-order valence-electron chi connectivity index (χ3n) is 5.37. The Labute approximate surface area is 177 Å². The summed E-state index contributed by atoms with van der Waals surface area (Å²) in [4.78, 5) is 37.9. The predicted molar refractivity (Wildman–Crippen MR) is 111 cm³/mol. The first kappa shape index (κ1) is 23.8. The topological polar surface area (TPSA) is 116 Å². The molecule has 0 aliphatic carbocycles. The summed E-state index contributed by atoms with van der Waals surface area (Å²) in [6, 6.07) is 6.87. The quantitative estimate of drug-likeness (QED) is 0.588. The van der Waals surface area contributed by atoms with Crippen molar-refractivity contribution < 1.29 is 29.3 Å². The van der Waals surface area contributed by atoms with Crippen molar-refractivity contribution in [1.82, 2.24) is 10.2 Å². The molecular weight excluding hydrogens is 388 g/mol. The highest BCUT2D eigenvalue weighted by atomic mass is 16.5. The average Bonchev–Trinajstić information content (AvgIpc) is 2.74. The van der Waals surface area contributed by atoms with Gasteiger partial charge in [-0.15, -0.1) is 0 Å². The molecule has 8 nitrogen and oxygen atoms in total. The third kappa shape index (κ3) is 7.42. The summed E-state index contributed by atoms with van der Waals surface area (Å²) in [5.41, 5.74) is 1.02. The summed E-state index contributed by atoms with van der Waals surface area (Å²) >= 11 is 0. The number of benzene rings is 1. The molecule has 1 amide bonds. The fraction of sp³-hybridized carbons (Fsp3) is 0.591. The summed E-state index contributed by atoms with van der Waals surface area (Å²) < 4.78 is 5.50. The molecule has 1 unspecified atom stereocenters. The normalized spacial score (nSPS) is 20.2. The predicted octanol–water partition coefficient (Wildman–Crippen LogP) is 1.92. The van der Waals surface area contributed by atoms with Crippen molar-refractivity contribution >= 4 is 17.8 Å². The van der Waals surface area contributed by atoms with Gasteiger partial charge in [-0.25, -0.2) is 4.79 Å². The number of hydrogen-bond donors (Lipinski definition) is 3.